The van der Waals surface area contributed by atoms with Gasteiger partial charge in [-0.2, -0.15) is 0 Å². The molecule has 27 heavy (non-hydrogen) atoms. The molecule has 1 N–H and O–H groups in total. The van der Waals surface area contributed by atoms with Gasteiger partial charge in [0.05, 0.1) is 11.7 Å². The zero-order valence-electron chi connectivity index (χ0n) is 15.2. The minimum atomic E-state index is -0.0781. The molecule has 0 radical (unpaired) electrons. The molecule has 0 bridgehead atoms. The normalized spacial score (nSPS) is 15.9. The monoisotopic (exact) mass is 381 g/mol. The predicted octanol–water partition coefficient (Wildman–Crippen LogP) is 3.48. The smallest absolute Gasteiger partial charge is 0.262 e. The number of carbonyl (C=O) groups excluding carboxylic acids is 1. The molecule has 5 nitrogen and oxygen atoms in total. The lowest BCUT2D eigenvalue weighted by Crippen LogP contribution is -2.39. The van der Waals surface area contributed by atoms with Gasteiger partial charge in [-0.1, -0.05) is 43.2 Å². The molecule has 140 valence electrons. The zero-order valence-corrected chi connectivity index (χ0v) is 16.0. The Kier molecular flexibility index (Phi) is 5.07. The number of carbonyl (C=O) groups is 1. The number of fused-ring (bicyclic) bond motifs is 1. The van der Waals surface area contributed by atoms with E-state index in [1.54, 1.807) is 6.07 Å². The highest BCUT2D eigenvalue weighted by molar-refractivity contribution is 7.16. The predicted molar refractivity (Wildman–Crippen MR) is 108 cm³/mol. The van der Waals surface area contributed by atoms with Crippen molar-refractivity contribution in [3.05, 3.63) is 64.0 Å². The van der Waals surface area contributed by atoms with Crippen molar-refractivity contribution in [3.63, 3.8) is 0 Å². The van der Waals surface area contributed by atoms with Gasteiger partial charge in [-0.25, -0.2) is 4.98 Å². The Balaban J connectivity index is 1.39. The standard InChI is InChI=1S/C21H23N3O2S/c25-18(8-12-24-15-23-19-17(20(24)26)9-13-27-19)22-14-21(10-4-5-11-21)16-6-2-1-3-7-16/h1-3,6-7,9,13,15H,4-5,8,10-12,14H2,(H,22,25). The number of hydrogen-bond donors (Lipinski definition) is 1. The second-order valence-electron chi connectivity index (χ2n) is 7.26. The molecule has 6 heteroatoms. The number of amides is 1. The van der Waals surface area contributed by atoms with Crippen LogP contribution in [0.5, 0.6) is 0 Å². The van der Waals surface area contributed by atoms with E-state index in [-0.39, 0.29) is 23.3 Å². The maximum Gasteiger partial charge on any atom is 0.262 e. The number of thiophene rings is 1. The summed E-state index contributed by atoms with van der Waals surface area (Å²) in [5.74, 6) is -0.0190. The summed E-state index contributed by atoms with van der Waals surface area (Å²) in [7, 11) is 0. The van der Waals surface area contributed by atoms with Gasteiger partial charge in [-0.15, -0.1) is 11.3 Å². The Bertz CT molecular complexity index is 987. The molecule has 2 heterocycles. The third kappa shape index (κ3) is 3.67. The lowest BCUT2D eigenvalue weighted by Gasteiger charge is -2.30. The van der Waals surface area contributed by atoms with Crippen LogP contribution in [-0.4, -0.2) is 22.0 Å². The second kappa shape index (κ2) is 7.64. The Morgan fingerprint density at radius 2 is 1.96 bits per heavy atom. The topological polar surface area (TPSA) is 64.0 Å². The first-order chi connectivity index (χ1) is 13.2. The van der Waals surface area contributed by atoms with Crippen molar-refractivity contribution >= 4 is 27.5 Å². The minimum absolute atomic E-state index is 0.0190. The average Bonchev–Trinajstić information content (AvgIpc) is 3.37. The fourth-order valence-electron chi connectivity index (χ4n) is 4.04. The molecule has 1 amide bonds. The van der Waals surface area contributed by atoms with Gasteiger partial charge in [0.25, 0.3) is 5.56 Å². The molecular weight excluding hydrogens is 358 g/mol. The summed E-state index contributed by atoms with van der Waals surface area (Å²) in [6, 6.07) is 12.3. The SMILES string of the molecule is O=C(CCn1cnc2sccc2c1=O)NCC1(c2ccccc2)CCCC1. The third-order valence-electron chi connectivity index (χ3n) is 5.60. The quantitative estimate of drug-likeness (QED) is 0.711. The van der Waals surface area contributed by atoms with E-state index in [9.17, 15) is 9.59 Å². The van der Waals surface area contributed by atoms with Crippen LogP contribution < -0.4 is 10.9 Å². The van der Waals surface area contributed by atoms with Gasteiger partial charge in [0.15, 0.2) is 0 Å². The summed E-state index contributed by atoms with van der Waals surface area (Å²) in [5.41, 5.74) is 1.28. The largest absolute Gasteiger partial charge is 0.355 e. The maximum absolute atomic E-state index is 12.4. The lowest BCUT2D eigenvalue weighted by molar-refractivity contribution is -0.121. The number of nitrogens with one attached hydrogen (secondary N) is 1. The number of aryl methyl sites for hydroxylation is 1. The molecule has 0 spiro atoms. The highest BCUT2D eigenvalue weighted by atomic mass is 32.1. The number of aromatic nitrogens is 2. The summed E-state index contributed by atoms with van der Waals surface area (Å²) in [6.07, 6.45) is 6.43. The van der Waals surface area contributed by atoms with E-state index in [2.05, 4.69) is 34.6 Å². The molecule has 1 aliphatic carbocycles. The van der Waals surface area contributed by atoms with E-state index in [1.807, 2.05) is 11.4 Å². The van der Waals surface area contributed by atoms with Gasteiger partial charge in [0.2, 0.25) is 5.91 Å². The Morgan fingerprint density at radius 1 is 1.19 bits per heavy atom. The van der Waals surface area contributed by atoms with Gasteiger partial charge in [0.1, 0.15) is 4.83 Å². The van der Waals surface area contributed by atoms with Crippen LogP contribution in [0.15, 0.2) is 52.9 Å². The fraction of sp³-hybridized carbons (Fsp3) is 0.381. The van der Waals surface area contributed by atoms with E-state index in [4.69, 9.17) is 0 Å². The Hall–Kier alpha value is -2.47. The molecule has 1 aliphatic rings. The van der Waals surface area contributed by atoms with Gasteiger partial charge in [0, 0.05) is 24.9 Å². The first-order valence-corrected chi connectivity index (χ1v) is 10.3. The van der Waals surface area contributed by atoms with Crippen LogP contribution in [0.3, 0.4) is 0 Å². The van der Waals surface area contributed by atoms with Crippen molar-refractivity contribution in [2.24, 2.45) is 0 Å². The van der Waals surface area contributed by atoms with E-state index in [0.29, 0.717) is 18.5 Å². The van der Waals surface area contributed by atoms with E-state index >= 15 is 0 Å². The number of rotatable bonds is 6. The van der Waals surface area contributed by atoms with Crippen molar-refractivity contribution in [1.29, 1.82) is 0 Å². The zero-order chi connectivity index (χ0) is 18.7. The molecule has 4 rings (SSSR count). The van der Waals surface area contributed by atoms with Crippen LogP contribution in [0.4, 0.5) is 0 Å². The molecule has 3 aromatic rings. The summed E-state index contributed by atoms with van der Waals surface area (Å²) < 4.78 is 1.52. The molecule has 1 fully saturated rings. The first-order valence-electron chi connectivity index (χ1n) is 9.43. The number of nitrogens with zero attached hydrogens (tertiary/aromatic N) is 2. The van der Waals surface area contributed by atoms with E-state index < -0.39 is 0 Å². The summed E-state index contributed by atoms with van der Waals surface area (Å²) >= 11 is 1.45. The molecule has 0 aliphatic heterocycles. The molecule has 1 saturated carbocycles. The van der Waals surface area contributed by atoms with Crippen molar-refractivity contribution < 1.29 is 4.79 Å². The lowest BCUT2D eigenvalue weighted by atomic mass is 9.79. The molecule has 2 aromatic heterocycles. The van der Waals surface area contributed by atoms with Crippen molar-refractivity contribution in [2.75, 3.05) is 6.54 Å². The van der Waals surface area contributed by atoms with Crippen molar-refractivity contribution in [2.45, 2.75) is 44.1 Å². The van der Waals surface area contributed by atoms with Crippen molar-refractivity contribution in [3.8, 4) is 0 Å². The fourth-order valence-corrected chi connectivity index (χ4v) is 4.77. The molecule has 0 unspecified atom stereocenters. The van der Waals surface area contributed by atoms with E-state index in [0.717, 1.165) is 17.7 Å². The highest BCUT2D eigenvalue weighted by Crippen LogP contribution is 2.40. The number of hydrogen-bond acceptors (Lipinski definition) is 4. The van der Waals surface area contributed by atoms with Gasteiger partial charge in [-0.3, -0.25) is 14.2 Å². The molecule has 1 aromatic carbocycles. The first kappa shape index (κ1) is 17.9. The molecule has 0 saturated heterocycles. The van der Waals surface area contributed by atoms with Crippen LogP contribution >= 0.6 is 11.3 Å². The number of benzene rings is 1. The van der Waals surface area contributed by atoms with Crippen LogP contribution in [-0.2, 0) is 16.8 Å². The summed E-state index contributed by atoms with van der Waals surface area (Å²) in [6.45, 7) is 1.01. The van der Waals surface area contributed by atoms with Gasteiger partial charge in [-0.05, 0) is 29.9 Å². The van der Waals surface area contributed by atoms with Gasteiger partial charge < -0.3 is 5.32 Å². The van der Waals surface area contributed by atoms with E-state index in [1.165, 1.54) is 40.6 Å². The van der Waals surface area contributed by atoms with Crippen LogP contribution in [0.1, 0.15) is 37.7 Å². The second-order valence-corrected chi connectivity index (χ2v) is 8.16. The van der Waals surface area contributed by atoms with Gasteiger partial charge >= 0.3 is 0 Å². The Morgan fingerprint density at radius 3 is 2.74 bits per heavy atom. The molecular formula is C21H23N3O2S. The maximum atomic E-state index is 12.4. The van der Waals surface area contributed by atoms with Crippen LogP contribution in [0.2, 0.25) is 0 Å². The van der Waals surface area contributed by atoms with Crippen molar-refractivity contribution in [1.82, 2.24) is 14.9 Å². The summed E-state index contributed by atoms with van der Waals surface area (Å²) in [4.78, 5) is 29.9. The molecule has 0 atom stereocenters. The highest BCUT2D eigenvalue weighted by Gasteiger charge is 2.35. The average molecular weight is 382 g/mol. The van der Waals surface area contributed by atoms with Crippen LogP contribution in [0, 0.1) is 0 Å². The third-order valence-corrected chi connectivity index (χ3v) is 6.42. The summed E-state index contributed by atoms with van der Waals surface area (Å²) in [5, 5.41) is 5.60. The Labute approximate surface area is 162 Å². The van der Waals surface area contributed by atoms with Crippen LogP contribution in [0.25, 0.3) is 10.2 Å². The minimum Gasteiger partial charge on any atom is -0.355 e.